The number of phenolic OH excluding ortho intramolecular Hbond substituents is 1. The van der Waals surface area contributed by atoms with Crippen LogP contribution in [0.25, 0.3) is 21.5 Å². The van der Waals surface area contributed by atoms with E-state index in [1.807, 2.05) is 85.7 Å². The number of ether oxygens (including phenoxy) is 5. The zero-order chi connectivity index (χ0) is 61.3. The van der Waals surface area contributed by atoms with Crippen LogP contribution in [0.5, 0.6) is 23.0 Å². The van der Waals surface area contributed by atoms with Crippen LogP contribution >= 0.6 is 0 Å². The van der Waals surface area contributed by atoms with Crippen LogP contribution in [-0.2, 0) is 71.2 Å². The van der Waals surface area contributed by atoms with E-state index < -0.39 is 79.9 Å². The van der Waals surface area contributed by atoms with E-state index in [1.54, 1.807) is 65.8 Å². The summed E-state index contributed by atoms with van der Waals surface area (Å²) in [7, 11) is 0.402. The van der Waals surface area contributed by atoms with Gasteiger partial charge in [-0.15, -0.1) is 0 Å². The molecular formula is C60H77N5O16S2. The second kappa shape index (κ2) is 29.7. The molecule has 0 fully saturated rings. The van der Waals surface area contributed by atoms with Gasteiger partial charge in [-0.3, -0.25) is 28.9 Å². The monoisotopic (exact) mass is 1190 g/mol. The summed E-state index contributed by atoms with van der Waals surface area (Å²) in [5.41, 5.74) is -0.0168. The van der Waals surface area contributed by atoms with Gasteiger partial charge in [-0.25, -0.2) is 27.0 Å². The maximum absolute atomic E-state index is 13.6. The predicted molar refractivity (Wildman–Crippen MR) is 314 cm³/mol. The summed E-state index contributed by atoms with van der Waals surface area (Å²) in [6, 6.07) is 32.1. The fourth-order valence-electron chi connectivity index (χ4n) is 8.32. The van der Waals surface area contributed by atoms with Gasteiger partial charge in [0.25, 0.3) is 11.8 Å². The van der Waals surface area contributed by atoms with Crippen LogP contribution in [-0.4, -0.2) is 153 Å². The van der Waals surface area contributed by atoms with E-state index >= 15 is 0 Å². The molecule has 6 aromatic rings. The molecule has 0 radical (unpaired) electrons. The lowest BCUT2D eigenvalue weighted by Gasteiger charge is -2.25. The number of likely N-dealkylation sites (N-methyl/N-ethyl adjacent to an activating group) is 3. The number of hydrogen-bond donors (Lipinski definition) is 3. The van der Waals surface area contributed by atoms with Crippen LogP contribution in [0.4, 0.5) is 0 Å². The highest BCUT2D eigenvalue weighted by Crippen LogP contribution is 2.32. The molecule has 2 amide bonds. The number of hydrogen-bond acceptors (Lipinski definition) is 17. The van der Waals surface area contributed by atoms with Crippen molar-refractivity contribution in [3.05, 3.63) is 132 Å². The molecule has 0 aromatic heterocycles. The lowest BCUT2D eigenvalue weighted by molar-refractivity contribution is -0.173. The molecule has 0 bridgehead atoms. The average Bonchev–Trinajstić information content (AvgIpc) is 3.52. The number of para-hydroxylation sites is 2. The maximum Gasteiger partial charge on any atom is 0.308 e. The number of fused-ring (bicyclic) bond motifs is 2. The summed E-state index contributed by atoms with van der Waals surface area (Å²) in [4.78, 5) is 62.3. The fourth-order valence-corrected chi connectivity index (χ4v) is 11.0. The van der Waals surface area contributed by atoms with Crippen LogP contribution in [0.3, 0.4) is 0 Å². The van der Waals surface area contributed by atoms with E-state index in [0.717, 1.165) is 49.5 Å². The average molecular weight is 1190 g/mol. The van der Waals surface area contributed by atoms with Crippen molar-refractivity contribution >= 4 is 65.3 Å². The molecule has 2 unspecified atom stereocenters. The van der Waals surface area contributed by atoms with Crippen molar-refractivity contribution in [2.75, 3.05) is 68.8 Å². The Morgan fingerprint density at radius 3 is 1.33 bits per heavy atom. The Balaban J connectivity index is 0.000000306. The first-order chi connectivity index (χ1) is 39.0. The minimum absolute atomic E-state index is 0.0493. The number of nitrogens with one attached hydrogen (secondary N) is 2. The Bertz CT molecular complexity index is 3420. The molecular weight excluding hydrogens is 1110 g/mol. The molecule has 0 heterocycles. The lowest BCUT2D eigenvalue weighted by atomic mass is 10.0. The Labute approximate surface area is 486 Å². The summed E-state index contributed by atoms with van der Waals surface area (Å²) >= 11 is 0. The number of amides is 2. The van der Waals surface area contributed by atoms with Crippen LogP contribution < -0.4 is 23.7 Å². The van der Waals surface area contributed by atoms with Crippen molar-refractivity contribution in [2.45, 2.75) is 100 Å². The van der Waals surface area contributed by atoms with Gasteiger partial charge in [0, 0.05) is 44.6 Å². The Morgan fingerprint density at radius 2 is 0.892 bits per heavy atom. The number of benzene rings is 6. The van der Waals surface area contributed by atoms with Crippen molar-refractivity contribution in [3.8, 4) is 23.0 Å². The number of carbonyl (C=O) groups is 4. The number of carbonyl (C=O) groups excluding carboxylic acids is 4. The zero-order valence-corrected chi connectivity index (χ0v) is 50.7. The van der Waals surface area contributed by atoms with Gasteiger partial charge in [0.1, 0.15) is 62.7 Å². The minimum Gasteiger partial charge on any atom is -0.508 e. The first-order valence-electron chi connectivity index (χ1n) is 26.6. The van der Waals surface area contributed by atoms with E-state index in [4.69, 9.17) is 33.4 Å². The molecule has 21 nitrogen and oxygen atoms in total. The van der Waals surface area contributed by atoms with Crippen molar-refractivity contribution in [1.82, 2.24) is 24.5 Å². The third kappa shape index (κ3) is 19.9. The zero-order valence-electron chi connectivity index (χ0n) is 49.1. The fraction of sp³-hybridized carbons (Fsp3) is 0.400. The highest BCUT2D eigenvalue weighted by Gasteiger charge is 2.35. The van der Waals surface area contributed by atoms with Gasteiger partial charge < -0.3 is 33.7 Å². The van der Waals surface area contributed by atoms with E-state index in [1.165, 1.54) is 58.6 Å². The molecule has 3 N–H and O–H groups in total. The quantitative estimate of drug-likeness (QED) is 0.0354. The summed E-state index contributed by atoms with van der Waals surface area (Å²) in [6.07, 6.45) is -0.331. The summed E-state index contributed by atoms with van der Waals surface area (Å²) < 4.78 is 87.3. The van der Waals surface area contributed by atoms with Gasteiger partial charge in [-0.1, -0.05) is 84.9 Å². The van der Waals surface area contributed by atoms with Gasteiger partial charge in [0.2, 0.25) is 20.0 Å². The molecule has 0 aliphatic rings. The summed E-state index contributed by atoms with van der Waals surface area (Å²) in [5.74, 6) is -2.05. The maximum atomic E-state index is 13.6. The Kier molecular flexibility index (Phi) is 23.8. The number of aromatic hydroxyl groups is 1. The predicted octanol–water partition coefficient (Wildman–Crippen LogP) is 7.37. The molecule has 450 valence electrons. The van der Waals surface area contributed by atoms with Crippen molar-refractivity contribution in [1.29, 1.82) is 0 Å². The van der Waals surface area contributed by atoms with Gasteiger partial charge in [0.15, 0.2) is 0 Å². The molecule has 0 spiro atoms. The molecule has 0 saturated carbocycles. The topological polar surface area (TPSA) is 255 Å². The van der Waals surface area contributed by atoms with Crippen molar-refractivity contribution in [3.63, 3.8) is 0 Å². The molecule has 0 aliphatic heterocycles. The first-order valence-corrected chi connectivity index (χ1v) is 29.5. The summed E-state index contributed by atoms with van der Waals surface area (Å²) in [6.45, 7) is 11.5. The van der Waals surface area contributed by atoms with E-state index in [-0.39, 0.29) is 40.3 Å². The molecule has 23 heteroatoms. The first kappa shape index (κ1) is 66.4. The minimum atomic E-state index is -4.34. The SMILES string of the molecule is CON(C)C(=O)C(CC(=O)OC(C)(C)C)NS(=O)(=O)c1ccccc1OCCc1c(O)ccc2ccccc12.CON(C)C(=O)C(CC(=O)OC(C)(C)C)NS(=O)(=O)c1ccccc1OCCc1c(OCCN(C)C)ccc2ccccc12. The highest BCUT2D eigenvalue weighted by atomic mass is 32.2. The number of nitrogens with zero attached hydrogens (tertiary/aromatic N) is 3. The van der Waals surface area contributed by atoms with E-state index in [9.17, 15) is 41.1 Å². The Morgan fingerprint density at radius 1 is 0.506 bits per heavy atom. The lowest BCUT2D eigenvalue weighted by Crippen LogP contribution is -2.48. The number of hydroxylamine groups is 4. The third-order valence-electron chi connectivity index (χ3n) is 12.2. The second-order valence-electron chi connectivity index (χ2n) is 21.3. The van der Waals surface area contributed by atoms with Gasteiger partial charge in [0.05, 0.1) is 40.3 Å². The largest absolute Gasteiger partial charge is 0.508 e. The molecule has 6 aromatic carbocycles. The van der Waals surface area contributed by atoms with E-state index in [2.05, 4.69) is 9.44 Å². The van der Waals surface area contributed by atoms with Crippen LogP contribution in [0.15, 0.2) is 131 Å². The number of sulfonamides is 2. The highest BCUT2D eigenvalue weighted by molar-refractivity contribution is 7.90. The molecule has 0 aliphatic carbocycles. The number of phenols is 1. The third-order valence-corrected chi connectivity index (χ3v) is 15.3. The van der Waals surface area contributed by atoms with Crippen molar-refractivity contribution in [2.24, 2.45) is 0 Å². The molecule has 83 heavy (non-hydrogen) atoms. The molecule has 6 rings (SSSR count). The van der Waals surface area contributed by atoms with E-state index in [0.29, 0.717) is 25.0 Å². The van der Waals surface area contributed by atoms with Gasteiger partial charge in [-0.2, -0.15) is 9.44 Å². The number of esters is 2. The van der Waals surface area contributed by atoms with Gasteiger partial charge >= 0.3 is 11.9 Å². The normalized spacial score (nSPS) is 12.6. The number of rotatable bonds is 26. The molecule has 2 atom stereocenters. The van der Waals surface area contributed by atoms with Crippen LogP contribution in [0.1, 0.15) is 65.5 Å². The van der Waals surface area contributed by atoms with Gasteiger partial charge in [-0.05, 0) is 114 Å². The van der Waals surface area contributed by atoms with Crippen molar-refractivity contribution < 1.29 is 74.5 Å². The van der Waals surface area contributed by atoms with Crippen LogP contribution in [0, 0.1) is 0 Å². The van der Waals surface area contributed by atoms with Crippen LogP contribution in [0.2, 0.25) is 0 Å². The summed E-state index contributed by atoms with van der Waals surface area (Å²) in [5, 5.41) is 16.0. The smallest absolute Gasteiger partial charge is 0.308 e. The molecule has 0 saturated heterocycles. The Hall–Kier alpha value is -7.38. The standard InChI is InChI=1S/C32H43N3O8S.C28H34N2O8S/c1-32(2,3)43-30(36)22-26(31(37)35(6)40-7)33-44(38,39)29-15-11-10-14-28(29)41-20-18-25-24-13-9-8-12-23(24)16-17-27(25)42-21-19-34(4)5;1-28(2,3)38-26(32)18-22(27(33)30(4)36-5)29-39(34,35)25-13-9-8-12-24(25)37-17-16-21-20-11-7-6-10-19(20)14-15-23(21)31/h8-17,26,33H,18-22H2,1-7H3;6-15,22,29,31H,16-18H2,1-5H3. The second-order valence-corrected chi connectivity index (χ2v) is 24.6.